The molecule has 1 N–H and O–H groups in total. The number of nitriles is 2. The molecule has 0 aliphatic rings. The van der Waals surface area contributed by atoms with Crippen LogP contribution in [0.15, 0.2) is 30.3 Å². The normalized spacial score (nSPS) is 11.0. The lowest BCUT2D eigenvalue weighted by molar-refractivity contribution is -0.143. The van der Waals surface area contributed by atoms with E-state index in [0.717, 1.165) is 0 Å². The van der Waals surface area contributed by atoms with Crippen LogP contribution in [0.4, 0.5) is 0 Å². The number of ether oxygens (including phenoxy) is 1. The number of hydrogen-bond donors (Lipinski definition) is 1. The molecule has 0 saturated carbocycles. The maximum atomic E-state index is 12.3. The van der Waals surface area contributed by atoms with Gasteiger partial charge in [-0.3, -0.25) is 10.1 Å². The van der Waals surface area contributed by atoms with Crippen molar-refractivity contribution in [3.8, 4) is 12.1 Å². The Balaban J connectivity index is 2.73. The molecular formula is C17H20N4O3. The molecule has 0 aliphatic heterocycles. The molecule has 1 rings (SSSR count). The van der Waals surface area contributed by atoms with Crippen LogP contribution in [0, 0.1) is 22.7 Å². The van der Waals surface area contributed by atoms with Crippen molar-refractivity contribution in [2.45, 2.75) is 18.9 Å². The highest BCUT2D eigenvalue weighted by atomic mass is 16.5. The third-order valence-corrected chi connectivity index (χ3v) is 3.37. The Labute approximate surface area is 141 Å². The maximum Gasteiger partial charge on any atom is 0.327 e. The molecular weight excluding hydrogens is 308 g/mol. The van der Waals surface area contributed by atoms with Gasteiger partial charge in [0.05, 0.1) is 38.6 Å². The Bertz CT molecular complexity index is 601. The predicted octanol–water partition coefficient (Wildman–Crippen LogP) is 1.15. The number of esters is 1. The highest BCUT2D eigenvalue weighted by Crippen LogP contribution is 2.14. The van der Waals surface area contributed by atoms with Gasteiger partial charge in [-0.2, -0.15) is 10.5 Å². The average molecular weight is 328 g/mol. The van der Waals surface area contributed by atoms with E-state index in [4.69, 9.17) is 15.3 Å². The first-order valence-electron chi connectivity index (χ1n) is 7.51. The number of carbonyl (C=O) groups is 2. The molecule has 7 heteroatoms. The Kier molecular flexibility index (Phi) is 8.59. The minimum atomic E-state index is -0.756. The SMILES string of the molecule is COC(=O)[C@@H](NCC(=O)N(CCC#N)CCC#N)c1ccccc1. The monoisotopic (exact) mass is 328 g/mol. The van der Waals surface area contributed by atoms with E-state index in [1.807, 2.05) is 18.2 Å². The fraction of sp³-hybridized carbons (Fsp3) is 0.412. The van der Waals surface area contributed by atoms with Crippen molar-refractivity contribution in [2.24, 2.45) is 0 Å². The van der Waals surface area contributed by atoms with Gasteiger partial charge in [-0.15, -0.1) is 0 Å². The largest absolute Gasteiger partial charge is 0.468 e. The first kappa shape index (κ1) is 19.1. The number of methoxy groups -OCH3 is 1. The quantitative estimate of drug-likeness (QED) is 0.681. The van der Waals surface area contributed by atoms with E-state index in [1.165, 1.54) is 12.0 Å². The Morgan fingerprint density at radius 1 is 1.17 bits per heavy atom. The van der Waals surface area contributed by atoms with Crippen molar-refractivity contribution >= 4 is 11.9 Å². The zero-order chi connectivity index (χ0) is 17.8. The average Bonchev–Trinajstić information content (AvgIpc) is 2.62. The van der Waals surface area contributed by atoms with Gasteiger partial charge < -0.3 is 9.64 Å². The lowest BCUT2D eigenvalue weighted by Gasteiger charge is -2.22. The Morgan fingerprint density at radius 3 is 2.25 bits per heavy atom. The van der Waals surface area contributed by atoms with E-state index in [1.54, 1.807) is 24.3 Å². The van der Waals surface area contributed by atoms with Gasteiger partial charge in [0.2, 0.25) is 5.91 Å². The molecule has 7 nitrogen and oxygen atoms in total. The maximum absolute atomic E-state index is 12.3. The lowest BCUT2D eigenvalue weighted by atomic mass is 10.1. The topological polar surface area (TPSA) is 106 Å². The van der Waals surface area contributed by atoms with Crippen LogP contribution >= 0.6 is 0 Å². The van der Waals surface area contributed by atoms with Gasteiger partial charge in [0.15, 0.2) is 0 Å². The van der Waals surface area contributed by atoms with Gasteiger partial charge in [0.1, 0.15) is 6.04 Å². The number of carbonyl (C=O) groups excluding carboxylic acids is 2. The van der Waals surface area contributed by atoms with Crippen molar-refractivity contribution in [1.82, 2.24) is 10.2 Å². The molecule has 0 aliphatic carbocycles. The third-order valence-electron chi connectivity index (χ3n) is 3.37. The van der Waals surface area contributed by atoms with Gasteiger partial charge >= 0.3 is 5.97 Å². The molecule has 24 heavy (non-hydrogen) atoms. The number of amides is 1. The Hall–Kier alpha value is -2.90. The first-order chi connectivity index (χ1) is 11.6. The summed E-state index contributed by atoms with van der Waals surface area (Å²) in [6.07, 6.45) is 0.382. The minimum absolute atomic E-state index is 0.0917. The van der Waals surface area contributed by atoms with Crippen LogP contribution in [0.1, 0.15) is 24.4 Å². The second-order valence-corrected chi connectivity index (χ2v) is 4.94. The number of nitrogens with zero attached hydrogens (tertiary/aromatic N) is 3. The summed E-state index contributed by atoms with van der Waals surface area (Å²) in [5.74, 6) is -0.764. The van der Waals surface area contributed by atoms with E-state index in [-0.39, 0.29) is 38.4 Å². The molecule has 1 aromatic carbocycles. The van der Waals surface area contributed by atoms with Gasteiger partial charge in [-0.1, -0.05) is 30.3 Å². The molecule has 1 amide bonds. The molecule has 0 heterocycles. The van der Waals surface area contributed by atoms with Gasteiger partial charge in [0, 0.05) is 13.1 Å². The van der Waals surface area contributed by atoms with Crippen LogP contribution < -0.4 is 5.32 Å². The fourth-order valence-corrected chi connectivity index (χ4v) is 2.13. The second kappa shape index (κ2) is 10.8. The summed E-state index contributed by atoms with van der Waals surface area (Å²) in [6, 6.07) is 12.1. The number of benzene rings is 1. The lowest BCUT2D eigenvalue weighted by Crippen LogP contribution is -2.42. The van der Waals surface area contributed by atoms with Crippen molar-refractivity contribution in [1.29, 1.82) is 10.5 Å². The summed E-state index contributed by atoms with van der Waals surface area (Å²) < 4.78 is 4.78. The molecule has 0 spiro atoms. The van der Waals surface area contributed by atoms with Gasteiger partial charge in [0.25, 0.3) is 0 Å². The smallest absolute Gasteiger partial charge is 0.327 e. The van der Waals surface area contributed by atoms with Crippen LogP contribution in [0.25, 0.3) is 0 Å². The summed E-state index contributed by atoms with van der Waals surface area (Å²) in [5, 5.41) is 20.2. The van der Waals surface area contributed by atoms with E-state index < -0.39 is 12.0 Å². The zero-order valence-corrected chi connectivity index (χ0v) is 13.6. The highest BCUT2D eigenvalue weighted by molar-refractivity contribution is 5.81. The summed E-state index contributed by atoms with van der Waals surface area (Å²) in [4.78, 5) is 25.7. The Morgan fingerprint density at radius 2 is 1.75 bits per heavy atom. The van der Waals surface area contributed by atoms with E-state index in [2.05, 4.69) is 5.32 Å². The molecule has 0 aromatic heterocycles. The van der Waals surface area contributed by atoms with Crippen LogP contribution in [0.3, 0.4) is 0 Å². The summed E-state index contributed by atoms with van der Waals surface area (Å²) >= 11 is 0. The number of rotatable bonds is 9. The molecule has 1 aromatic rings. The van der Waals surface area contributed by atoms with Crippen molar-refractivity contribution in [2.75, 3.05) is 26.7 Å². The number of nitrogens with one attached hydrogen (secondary N) is 1. The van der Waals surface area contributed by atoms with Crippen LogP contribution in [-0.2, 0) is 14.3 Å². The molecule has 0 saturated heterocycles. The predicted molar refractivity (Wildman–Crippen MR) is 86.2 cm³/mol. The first-order valence-corrected chi connectivity index (χ1v) is 7.51. The molecule has 1 atom stereocenters. The van der Waals surface area contributed by atoms with Crippen LogP contribution in [-0.4, -0.2) is 43.5 Å². The van der Waals surface area contributed by atoms with E-state index in [9.17, 15) is 9.59 Å². The number of hydrogen-bond acceptors (Lipinski definition) is 6. The van der Waals surface area contributed by atoms with Crippen molar-refractivity contribution in [3.05, 3.63) is 35.9 Å². The molecule has 0 radical (unpaired) electrons. The zero-order valence-electron chi connectivity index (χ0n) is 13.6. The summed E-state index contributed by atoms with van der Waals surface area (Å²) in [6.45, 7) is 0.422. The second-order valence-electron chi connectivity index (χ2n) is 4.94. The molecule has 0 bridgehead atoms. The molecule has 0 fully saturated rings. The summed E-state index contributed by atoms with van der Waals surface area (Å²) in [5.41, 5.74) is 0.692. The minimum Gasteiger partial charge on any atom is -0.468 e. The fourth-order valence-electron chi connectivity index (χ4n) is 2.13. The van der Waals surface area contributed by atoms with E-state index in [0.29, 0.717) is 5.56 Å². The standard InChI is InChI=1S/C17H20N4O3/c1-24-17(23)16(14-7-3-2-4-8-14)20-13-15(22)21(11-5-9-18)12-6-10-19/h2-4,7-8,16,20H,5-6,11-13H2,1H3/t16-/m0/s1. The van der Waals surface area contributed by atoms with Gasteiger partial charge in [-0.25, -0.2) is 4.79 Å². The van der Waals surface area contributed by atoms with Crippen molar-refractivity contribution in [3.63, 3.8) is 0 Å². The van der Waals surface area contributed by atoms with Crippen molar-refractivity contribution < 1.29 is 14.3 Å². The molecule has 126 valence electrons. The van der Waals surface area contributed by atoms with Crippen LogP contribution in [0.5, 0.6) is 0 Å². The summed E-state index contributed by atoms with van der Waals surface area (Å²) in [7, 11) is 1.29. The molecule has 0 unspecified atom stereocenters. The van der Waals surface area contributed by atoms with Crippen LogP contribution in [0.2, 0.25) is 0 Å². The van der Waals surface area contributed by atoms with E-state index >= 15 is 0 Å². The third kappa shape index (κ3) is 6.07. The van der Waals surface area contributed by atoms with Gasteiger partial charge in [-0.05, 0) is 5.56 Å². The highest BCUT2D eigenvalue weighted by Gasteiger charge is 2.23.